The number of nitrogens with one attached hydrogen (secondary N) is 1. The predicted molar refractivity (Wildman–Crippen MR) is 251 cm³/mol. The van der Waals surface area contributed by atoms with E-state index >= 15 is 0 Å². The van der Waals surface area contributed by atoms with Crippen LogP contribution in [0.2, 0.25) is 0 Å². The molecule has 12 rings (SSSR count). The van der Waals surface area contributed by atoms with E-state index in [1.54, 1.807) is 64.2 Å². The van der Waals surface area contributed by atoms with E-state index in [1.165, 1.54) is 40.2 Å². The van der Waals surface area contributed by atoms with Gasteiger partial charge in [0.1, 0.15) is 23.3 Å². The number of nitrogens with zero attached hydrogens (tertiary/aromatic N) is 10. The zero-order chi connectivity index (χ0) is 44.6. The number of rotatable bonds is 8. The van der Waals surface area contributed by atoms with Crippen molar-refractivity contribution in [2.24, 2.45) is 23.7 Å². The first-order chi connectivity index (χ1) is 31.7. The first kappa shape index (κ1) is 41.6. The van der Waals surface area contributed by atoms with Crippen molar-refractivity contribution < 1.29 is 19.1 Å². The van der Waals surface area contributed by atoms with Crippen LogP contribution < -0.4 is 20.9 Å². The summed E-state index contributed by atoms with van der Waals surface area (Å²) in [4.78, 5) is 46.0. The third-order valence-electron chi connectivity index (χ3n) is 12.2. The number of hydrogen-bond acceptors (Lipinski definition) is 14. The van der Waals surface area contributed by atoms with E-state index in [1.807, 2.05) is 60.7 Å². The Morgan fingerprint density at radius 3 is 1.72 bits per heavy atom. The summed E-state index contributed by atoms with van der Waals surface area (Å²) in [5.74, 6) is 6.28. The molecule has 16 nitrogen and oxygen atoms in total. The summed E-state index contributed by atoms with van der Waals surface area (Å²) in [6.07, 6.45) is 9.76. The monoisotopic (exact) mass is 932 g/mol. The molecule has 0 amide bonds. The second-order valence-electron chi connectivity index (χ2n) is 16.6. The highest BCUT2D eigenvalue weighted by atomic mass is 79.9. The summed E-state index contributed by atoms with van der Waals surface area (Å²) in [6.45, 7) is 4.56. The number of ether oxygens (including phenoxy) is 2. The maximum absolute atomic E-state index is 12.0. The van der Waals surface area contributed by atoms with Crippen LogP contribution in [0.15, 0.2) is 126 Å². The molecule has 2 aliphatic heterocycles. The molecule has 2 aliphatic carbocycles. The number of fused-ring (bicyclic) bond motifs is 4. The Balaban J connectivity index is 0.000000128. The molecule has 0 radical (unpaired) electrons. The number of hydrogen-bond donors (Lipinski definition) is 2. The summed E-state index contributed by atoms with van der Waals surface area (Å²) < 4.78 is 13.8. The number of nitrogens with two attached hydrogens (primary N) is 1. The van der Waals surface area contributed by atoms with Gasteiger partial charge < -0.3 is 30.3 Å². The van der Waals surface area contributed by atoms with Crippen molar-refractivity contribution in [1.82, 2.24) is 39.2 Å². The molecule has 4 atom stereocenters. The molecule has 8 heterocycles. The molecule has 4 fully saturated rings. The Bertz CT molecular complexity index is 3050. The molecule has 2 saturated carbocycles. The molecule has 2 saturated heterocycles. The second kappa shape index (κ2) is 17.6. The Hall–Kier alpha value is -7.40. The molecule has 3 N–H and O–H groups in total. The van der Waals surface area contributed by atoms with Crippen molar-refractivity contribution in [3.63, 3.8) is 0 Å². The number of methoxy groups -OCH3 is 2. The summed E-state index contributed by atoms with van der Waals surface area (Å²) in [5.41, 5.74) is 11.9. The van der Waals surface area contributed by atoms with Crippen LogP contribution in [0.1, 0.15) is 33.6 Å². The van der Waals surface area contributed by atoms with E-state index in [9.17, 15) is 9.59 Å². The van der Waals surface area contributed by atoms with E-state index in [0.29, 0.717) is 28.3 Å². The minimum absolute atomic E-state index is 0.366. The van der Waals surface area contributed by atoms with Gasteiger partial charge in [-0.2, -0.15) is 10.2 Å². The molecular weight excluding hydrogens is 889 g/mol. The molecular formula is C48H45BrN12O4. The highest BCUT2D eigenvalue weighted by molar-refractivity contribution is 9.10. The number of nitrogen functional groups attached to an aromatic ring is 1. The van der Waals surface area contributed by atoms with Gasteiger partial charge in [-0.15, -0.1) is 0 Å². The molecule has 4 aliphatic rings. The predicted octanol–water partition coefficient (Wildman–Crippen LogP) is 7.84. The van der Waals surface area contributed by atoms with E-state index in [-0.39, 0.29) is 11.9 Å². The van der Waals surface area contributed by atoms with Crippen LogP contribution in [-0.4, -0.2) is 91.5 Å². The van der Waals surface area contributed by atoms with Gasteiger partial charge in [0.05, 0.1) is 46.9 Å². The molecule has 328 valence electrons. The lowest BCUT2D eigenvalue weighted by molar-refractivity contribution is 0.0592. The van der Waals surface area contributed by atoms with Gasteiger partial charge in [-0.05, 0) is 113 Å². The van der Waals surface area contributed by atoms with Crippen molar-refractivity contribution in [1.29, 1.82) is 0 Å². The molecule has 2 aromatic carbocycles. The lowest BCUT2D eigenvalue weighted by atomic mass is 10.1. The van der Waals surface area contributed by atoms with Crippen molar-refractivity contribution >= 4 is 68.1 Å². The van der Waals surface area contributed by atoms with Crippen LogP contribution in [0.4, 0.5) is 29.0 Å². The fourth-order valence-electron chi connectivity index (χ4n) is 8.61. The number of benzene rings is 2. The molecule has 6 aromatic heterocycles. The van der Waals surface area contributed by atoms with Crippen LogP contribution in [0, 0.1) is 23.7 Å². The number of aromatic nitrogens is 8. The van der Waals surface area contributed by atoms with Gasteiger partial charge in [-0.25, -0.2) is 38.6 Å². The average Bonchev–Trinajstić information content (AvgIpc) is 3.83. The fourth-order valence-corrected chi connectivity index (χ4v) is 9.11. The van der Waals surface area contributed by atoms with Gasteiger partial charge in [0.15, 0.2) is 11.3 Å². The minimum Gasteiger partial charge on any atom is -0.465 e. The Morgan fingerprint density at radius 1 is 0.646 bits per heavy atom. The van der Waals surface area contributed by atoms with Gasteiger partial charge in [0.25, 0.3) is 0 Å². The van der Waals surface area contributed by atoms with Gasteiger partial charge in [0.2, 0.25) is 0 Å². The molecule has 17 heteroatoms. The topological polar surface area (TPSA) is 183 Å². The zero-order valence-electron chi connectivity index (χ0n) is 35.7. The minimum atomic E-state index is -0.380. The van der Waals surface area contributed by atoms with Gasteiger partial charge in [-0.1, -0.05) is 36.4 Å². The number of imidazole rings is 2. The lowest BCUT2D eigenvalue weighted by Gasteiger charge is -2.19. The molecule has 8 aromatic rings. The van der Waals surface area contributed by atoms with E-state index in [0.717, 1.165) is 86.8 Å². The number of esters is 2. The maximum atomic E-state index is 12.0. The van der Waals surface area contributed by atoms with Crippen molar-refractivity contribution in [2.75, 3.05) is 61.2 Å². The summed E-state index contributed by atoms with van der Waals surface area (Å²) in [7, 11) is 2.74. The van der Waals surface area contributed by atoms with Crippen LogP contribution in [0.5, 0.6) is 0 Å². The number of halogens is 1. The Labute approximate surface area is 382 Å². The maximum Gasteiger partial charge on any atom is 0.337 e. The first-order valence-electron chi connectivity index (χ1n) is 21.4. The standard InChI is InChI=1S/C24H22N6O2.C14H10BrN3O2.C10H13N3/c1-32-24(31)16-5-2-4-15(10-16)19-12-20(23-25-8-9-30(23)28-19)26-21-6-3-7-22(27-21)29-13-17-11-18(17)14-29;1-20-14(19)10-4-2-3-9(7-10)12-8-11(15)13-16-5-6-18(13)17-12;11-9-2-1-3-10(12-9)13-5-7-4-8(7)6-13/h2-10,12,17-18H,11,13-14H2,1H3,(H,26,27);2-8H,1H3;1-3,7-8H,4-6H2,(H2,11,12). The molecule has 4 unspecified atom stereocenters. The summed E-state index contributed by atoms with van der Waals surface area (Å²) in [5, 5.41) is 12.6. The number of anilines is 5. The molecule has 0 bridgehead atoms. The molecule has 65 heavy (non-hydrogen) atoms. The van der Waals surface area contributed by atoms with Crippen LogP contribution in [0.3, 0.4) is 0 Å². The lowest BCUT2D eigenvalue weighted by Crippen LogP contribution is -2.22. The Morgan fingerprint density at radius 2 is 1.15 bits per heavy atom. The third kappa shape index (κ3) is 9.04. The fraction of sp³-hybridized carbons (Fsp3) is 0.250. The SMILES string of the molecule is COC(=O)c1cccc(-c2cc(Br)c3nccn3n2)c1.COC(=O)c1cccc(-c2cc(Nc3cccc(N4CC5CC5C4)n3)c3nccn3n2)c1.Nc1cccc(N2CC3CC3C2)n1. The van der Waals surface area contributed by atoms with Crippen molar-refractivity contribution in [2.45, 2.75) is 12.8 Å². The smallest absolute Gasteiger partial charge is 0.337 e. The normalized spacial score (nSPS) is 18.8. The van der Waals surface area contributed by atoms with Gasteiger partial charge in [0, 0.05) is 62.1 Å². The van der Waals surface area contributed by atoms with Gasteiger partial charge >= 0.3 is 11.9 Å². The van der Waals surface area contributed by atoms with Crippen molar-refractivity contribution in [3.05, 3.63) is 137 Å². The summed E-state index contributed by atoms with van der Waals surface area (Å²) in [6, 6.07) is 30.1. The number of pyridine rings is 2. The highest BCUT2D eigenvalue weighted by Gasteiger charge is 2.46. The van der Waals surface area contributed by atoms with Crippen LogP contribution in [-0.2, 0) is 9.47 Å². The van der Waals surface area contributed by atoms with Crippen LogP contribution >= 0.6 is 15.9 Å². The first-order valence-corrected chi connectivity index (χ1v) is 22.2. The largest absolute Gasteiger partial charge is 0.465 e. The van der Waals surface area contributed by atoms with Crippen molar-refractivity contribution in [3.8, 4) is 22.5 Å². The van der Waals surface area contributed by atoms with Gasteiger partial charge in [-0.3, -0.25) is 0 Å². The van der Waals surface area contributed by atoms with E-state index < -0.39 is 0 Å². The van der Waals surface area contributed by atoms with E-state index in [4.69, 9.17) is 20.2 Å². The highest BCUT2D eigenvalue weighted by Crippen LogP contribution is 2.47. The molecule has 0 spiro atoms. The number of carbonyl (C=O) groups is 2. The van der Waals surface area contributed by atoms with E-state index in [2.05, 4.69) is 62.3 Å². The number of carbonyl (C=O) groups excluding carboxylic acids is 2. The number of piperidine rings is 2. The summed E-state index contributed by atoms with van der Waals surface area (Å²) >= 11 is 3.47. The van der Waals surface area contributed by atoms with Crippen LogP contribution in [0.25, 0.3) is 33.8 Å². The second-order valence-corrected chi connectivity index (χ2v) is 17.5. The quantitative estimate of drug-likeness (QED) is 0.141. The third-order valence-corrected chi connectivity index (χ3v) is 12.8. The Kier molecular flexibility index (Phi) is 11.3. The average molecular weight is 934 g/mol. The zero-order valence-corrected chi connectivity index (χ0v) is 37.2.